The molecule has 0 radical (unpaired) electrons. The molecule has 11 rings (SSSR count). The number of amides is 2. The van der Waals surface area contributed by atoms with E-state index >= 15 is 0 Å². The number of hydrogen-bond acceptors (Lipinski definition) is 19. The third kappa shape index (κ3) is 11.3. The maximum atomic E-state index is 14.3. The summed E-state index contributed by atoms with van der Waals surface area (Å²) in [5.74, 6) is -0.463. The van der Waals surface area contributed by atoms with Crippen molar-refractivity contribution in [1.29, 1.82) is 0 Å². The number of fused-ring (bicyclic) bond motifs is 2. The maximum absolute atomic E-state index is 14.3. The number of benzene rings is 1. The van der Waals surface area contributed by atoms with E-state index in [1.54, 1.807) is 23.8 Å². The Balaban J connectivity index is 0.610. The summed E-state index contributed by atoms with van der Waals surface area (Å²) < 4.78 is 24.7. The number of rotatable bonds is 18. The molecule has 5 aromatic heterocycles. The third-order valence-electron chi connectivity index (χ3n) is 16.1. The number of carbonyl (C=O) groups excluding carboxylic acids is 2. The number of para-hydroxylation sites is 1. The van der Waals surface area contributed by atoms with Crippen LogP contribution in [-0.2, 0) is 14.3 Å². The number of likely N-dealkylation sites (tertiary alicyclic amines) is 2. The standard InChI is InChI=1S/C56H67ClN12O8S/c1-31(2)49(56(73)68-29-38(70)22-46(68)54(72)62-32(3)34-9-12-43(60-26-34)52-33(4)61-30-78-52)51-50(57)55(65-77-51)74-20-19-66-17-14-39(15-18-66)75-40-23-41(24-40)76-48-21-35(13-16-59-48)69-36-10-11-37(69)28-67(27-36)45-25-44(63-64-53(45)58)42-7-5-6-8-47(42)71/h5-9,12-13,16,21,25-26,30-32,36-41,46,49,70-71H,10-11,14-15,17-20,22-24,27-29H2,1-4H3,(H2,58,64)(H,62,72)/t32-,36?,37?,38+,40-,41-,46-,49+/m0/s1. The lowest BCUT2D eigenvalue weighted by Crippen LogP contribution is -2.54. The lowest BCUT2D eigenvalue weighted by Gasteiger charge is -2.43. The van der Waals surface area contributed by atoms with Gasteiger partial charge in [-0.15, -0.1) is 21.5 Å². The van der Waals surface area contributed by atoms with Crippen LogP contribution in [0.3, 0.4) is 0 Å². The number of phenolic OH excluding ortho intramolecular Hbond substituents is 1. The van der Waals surface area contributed by atoms with Crippen molar-refractivity contribution >= 4 is 51.9 Å². The maximum Gasteiger partial charge on any atom is 0.273 e. The van der Waals surface area contributed by atoms with E-state index in [1.165, 1.54) is 16.2 Å². The molecular weight excluding hydrogens is 1040 g/mol. The Hall–Kier alpha value is -6.65. The van der Waals surface area contributed by atoms with Crippen molar-refractivity contribution in [3.05, 3.63) is 94.5 Å². The lowest BCUT2D eigenvalue weighted by atomic mass is 9.91. The highest BCUT2D eigenvalue weighted by molar-refractivity contribution is 7.13. The number of aromatic nitrogens is 6. The Morgan fingerprint density at radius 1 is 0.923 bits per heavy atom. The molecule has 78 heavy (non-hydrogen) atoms. The van der Waals surface area contributed by atoms with Gasteiger partial charge in [-0.05, 0) is 86.5 Å². The first-order valence-electron chi connectivity index (χ1n) is 27.1. The Labute approximate surface area is 462 Å². The summed E-state index contributed by atoms with van der Waals surface area (Å²) in [5, 5.41) is 37.0. The molecule has 5 aliphatic rings. The van der Waals surface area contributed by atoms with Crippen molar-refractivity contribution in [1.82, 2.24) is 45.4 Å². The molecule has 2 bridgehead atoms. The fraction of sp³-hybridized carbons (Fsp3) is 0.500. The SMILES string of the molecule is Cc1ncsc1-c1ccc([C@H](C)NC(=O)[C@@H]2C[C@@H](O)CN2C(=O)[C@@H](c2onc(OCCN3CCC(O[C@H]4C[C@H](Oc5cc(N6C7CCC6CN(c6cc(-c8ccccc8O)nnc6N)C7)ccn5)C4)CC3)c2Cl)C(C)C)cn1. The van der Waals surface area contributed by atoms with Crippen LogP contribution >= 0.6 is 22.9 Å². The van der Waals surface area contributed by atoms with Crippen molar-refractivity contribution in [2.75, 3.05) is 61.4 Å². The van der Waals surface area contributed by atoms with Gasteiger partial charge in [0.05, 0.1) is 57.5 Å². The van der Waals surface area contributed by atoms with E-state index in [0.717, 1.165) is 97.9 Å². The number of halogens is 1. The molecule has 20 nitrogen and oxygen atoms in total. The average Bonchev–Trinajstić information content (AvgIpc) is 4.26. The monoisotopic (exact) mass is 1100 g/mol. The highest BCUT2D eigenvalue weighted by Gasteiger charge is 2.45. The van der Waals surface area contributed by atoms with Gasteiger partial charge in [0.1, 0.15) is 35.4 Å². The minimum absolute atomic E-state index is 0.00353. The molecule has 4 aliphatic heterocycles. The Bertz CT molecular complexity index is 3060. The number of carbonyl (C=O) groups is 2. The van der Waals surface area contributed by atoms with Crippen LogP contribution in [0.2, 0.25) is 5.02 Å². The highest BCUT2D eigenvalue weighted by atomic mass is 35.5. The number of thiazole rings is 1. The summed E-state index contributed by atoms with van der Waals surface area (Å²) in [5.41, 5.74) is 13.8. The van der Waals surface area contributed by atoms with Gasteiger partial charge in [0, 0.05) is 100 Å². The second-order valence-electron chi connectivity index (χ2n) is 21.7. The summed E-state index contributed by atoms with van der Waals surface area (Å²) in [7, 11) is 0. The van der Waals surface area contributed by atoms with Gasteiger partial charge >= 0.3 is 0 Å². The van der Waals surface area contributed by atoms with Gasteiger partial charge in [0.2, 0.25) is 17.7 Å². The largest absolute Gasteiger partial charge is 0.507 e. The molecule has 2 amide bonds. The van der Waals surface area contributed by atoms with Gasteiger partial charge in [-0.2, -0.15) is 0 Å². The zero-order valence-corrected chi connectivity index (χ0v) is 45.9. The summed E-state index contributed by atoms with van der Waals surface area (Å²) in [6.45, 7) is 11.8. The molecule has 2 unspecified atom stereocenters. The van der Waals surface area contributed by atoms with Gasteiger partial charge in [-0.25, -0.2) is 9.97 Å². The molecule has 5 fully saturated rings. The lowest BCUT2D eigenvalue weighted by molar-refractivity contribution is -0.141. The third-order valence-corrected chi connectivity index (χ3v) is 17.4. The van der Waals surface area contributed by atoms with E-state index in [-0.39, 0.29) is 83.5 Å². The molecule has 4 saturated heterocycles. The smallest absolute Gasteiger partial charge is 0.273 e. The number of nitrogens with two attached hydrogens (primary N) is 1. The Morgan fingerprint density at radius 2 is 1.71 bits per heavy atom. The van der Waals surface area contributed by atoms with Crippen molar-refractivity contribution in [2.45, 2.75) is 127 Å². The zero-order valence-electron chi connectivity index (χ0n) is 44.3. The number of piperazine rings is 1. The van der Waals surface area contributed by atoms with E-state index in [9.17, 15) is 19.8 Å². The second-order valence-corrected chi connectivity index (χ2v) is 22.9. The van der Waals surface area contributed by atoms with Crippen LogP contribution < -0.4 is 30.3 Å². The quantitative estimate of drug-likeness (QED) is 0.0665. The second kappa shape index (κ2) is 23.0. The predicted octanol–water partition coefficient (Wildman–Crippen LogP) is 7.20. The molecule has 1 aliphatic carbocycles. The molecule has 412 valence electrons. The molecule has 6 atom stereocenters. The van der Waals surface area contributed by atoms with Crippen molar-refractivity contribution in [3.8, 4) is 39.3 Å². The number of nitrogens with one attached hydrogen (secondary N) is 1. The summed E-state index contributed by atoms with van der Waals surface area (Å²) in [6.07, 6.45) is 8.69. The van der Waals surface area contributed by atoms with Gasteiger partial charge in [-0.1, -0.05) is 43.6 Å². The summed E-state index contributed by atoms with van der Waals surface area (Å²) >= 11 is 8.37. The number of aromatic hydroxyl groups is 1. The number of ether oxygens (including phenoxy) is 3. The molecule has 1 aromatic carbocycles. The molecule has 1 saturated carbocycles. The number of β-amino-alcohol motifs (C(OH)–C–C–N with tert-alkyl or cyclic N) is 1. The number of aliphatic hydroxyl groups is 1. The van der Waals surface area contributed by atoms with E-state index in [4.69, 9.17) is 36.1 Å². The van der Waals surface area contributed by atoms with Crippen molar-refractivity contribution in [2.24, 2.45) is 5.92 Å². The number of piperidine rings is 1. The molecule has 22 heteroatoms. The van der Waals surface area contributed by atoms with Crippen LogP contribution in [0.25, 0.3) is 21.8 Å². The topological polar surface area (TPSA) is 244 Å². The van der Waals surface area contributed by atoms with Crippen LogP contribution in [0.4, 0.5) is 17.2 Å². The molecule has 6 aromatic rings. The zero-order chi connectivity index (χ0) is 54.2. The number of aryl methyl sites for hydroxylation is 1. The fourth-order valence-corrected chi connectivity index (χ4v) is 12.8. The number of aliphatic hydroxyl groups excluding tert-OH is 1. The minimum atomic E-state index is -0.897. The van der Waals surface area contributed by atoms with Gasteiger partial charge < -0.3 is 54.7 Å². The number of hydrogen-bond donors (Lipinski definition) is 4. The summed E-state index contributed by atoms with van der Waals surface area (Å²) in [6, 6.07) is 16.3. The summed E-state index contributed by atoms with van der Waals surface area (Å²) in [4.78, 5) is 51.2. The van der Waals surface area contributed by atoms with Crippen LogP contribution in [-0.4, -0.2) is 151 Å². The first-order chi connectivity index (χ1) is 37.7. The fourth-order valence-electron chi connectivity index (χ4n) is 11.8. The number of pyridine rings is 2. The minimum Gasteiger partial charge on any atom is -0.507 e. The Morgan fingerprint density at radius 3 is 2.42 bits per heavy atom. The van der Waals surface area contributed by atoms with E-state index in [1.807, 2.05) is 64.2 Å². The molecule has 0 spiro atoms. The van der Waals surface area contributed by atoms with Crippen LogP contribution in [0.5, 0.6) is 17.5 Å². The molecule has 9 heterocycles. The van der Waals surface area contributed by atoms with Gasteiger partial charge in [0.15, 0.2) is 11.6 Å². The van der Waals surface area contributed by atoms with Crippen LogP contribution in [0.1, 0.15) is 94.7 Å². The predicted molar refractivity (Wildman–Crippen MR) is 295 cm³/mol. The molecular formula is C56H67ClN12O8S. The van der Waals surface area contributed by atoms with Crippen LogP contribution in [0, 0.1) is 12.8 Å². The number of anilines is 3. The normalized spacial score (nSPS) is 23.3. The van der Waals surface area contributed by atoms with E-state index in [2.05, 4.69) is 62.5 Å². The number of nitrogens with zero attached hydrogens (tertiary/aromatic N) is 10. The van der Waals surface area contributed by atoms with Gasteiger partial charge in [0.25, 0.3) is 5.88 Å². The highest BCUT2D eigenvalue weighted by Crippen LogP contribution is 2.42. The first-order valence-corrected chi connectivity index (χ1v) is 28.4. The van der Waals surface area contributed by atoms with Crippen LogP contribution in [0.15, 0.2) is 77.0 Å². The van der Waals surface area contributed by atoms with Crippen molar-refractivity contribution in [3.63, 3.8) is 0 Å². The number of nitrogen functional groups attached to an aromatic ring is 1. The van der Waals surface area contributed by atoms with Crippen molar-refractivity contribution < 1.29 is 38.5 Å². The number of phenols is 1. The van der Waals surface area contributed by atoms with Gasteiger partial charge in [-0.3, -0.25) is 19.5 Å². The average molecular weight is 1100 g/mol. The van der Waals surface area contributed by atoms with E-state index in [0.29, 0.717) is 36.1 Å². The Kier molecular flexibility index (Phi) is 15.7. The molecule has 5 N–H and O–H groups in total. The van der Waals surface area contributed by atoms with E-state index < -0.39 is 24.1 Å². The first kappa shape index (κ1) is 53.4.